The highest BCUT2D eigenvalue weighted by Gasteiger charge is 2.16. The van der Waals surface area contributed by atoms with E-state index in [2.05, 4.69) is 9.55 Å². The summed E-state index contributed by atoms with van der Waals surface area (Å²) >= 11 is 0. The Morgan fingerprint density at radius 2 is 2.36 bits per heavy atom. The highest BCUT2D eigenvalue weighted by atomic mass is 16.3. The van der Waals surface area contributed by atoms with Gasteiger partial charge in [0, 0.05) is 17.8 Å². The Hall–Kier alpha value is -1.51. The predicted octanol–water partition coefficient (Wildman–Crippen LogP) is 2.48. The van der Waals surface area contributed by atoms with E-state index in [9.17, 15) is 0 Å². The molecule has 0 saturated carbocycles. The Morgan fingerprint density at radius 3 is 3.21 bits per heavy atom. The number of hydrogen-bond donors (Lipinski definition) is 0. The van der Waals surface area contributed by atoms with Crippen molar-refractivity contribution in [2.45, 2.75) is 25.8 Å². The van der Waals surface area contributed by atoms with Crippen LogP contribution in [0.4, 0.5) is 0 Å². The first-order valence-electron chi connectivity index (χ1n) is 5.02. The molecular formula is C11H12N2O. The van der Waals surface area contributed by atoms with Gasteiger partial charge in [0.05, 0.1) is 24.5 Å². The monoisotopic (exact) mass is 188 g/mol. The van der Waals surface area contributed by atoms with Gasteiger partial charge < -0.3 is 8.98 Å². The summed E-state index contributed by atoms with van der Waals surface area (Å²) in [6.45, 7) is 1.11. The van der Waals surface area contributed by atoms with E-state index in [-0.39, 0.29) is 0 Å². The van der Waals surface area contributed by atoms with Crippen LogP contribution in [0.3, 0.4) is 0 Å². The summed E-state index contributed by atoms with van der Waals surface area (Å²) < 4.78 is 7.34. The Bertz CT molecular complexity index is 428. The van der Waals surface area contributed by atoms with E-state index in [0.29, 0.717) is 0 Å². The average Bonchev–Trinajstić information content (AvgIpc) is 2.85. The minimum absolute atomic E-state index is 1.10. The van der Waals surface area contributed by atoms with Crippen molar-refractivity contribution in [1.82, 2.24) is 9.55 Å². The second-order valence-electron chi connectivity index (χ2n) is 3.70. The number of hydrogen-bond acceptors (Lipinski definition) is 2. The molecule has 3 heterocycles. The smallest absolute Gasteiger partial charge is 0.0997 e. The summed E-state index contributed by atoms with van der Waals surface area (Å²) in [7, 11) is 0. The second-order valence-corrected chi connectivity index (χ2v) is 3.70. The van der Waals surface area contributed by atoms with E-state index in [0.717, 1.165) is 24.2 Å². The first-order valence-corrected chi connectivity index (χ1v) is 5.02. The molecule has 0 saturated heterocycles. The zero-order valence-corrected chi connectivity index (χ0v) is 7.94. The normalized spacial score (nSPS) is 15.4. The largest absolute Gasteiger partial charge is 0.472 e. The first kappa shape index (κ1) is 7.85. The Labute approximate surface area is 82.4 Å². The number of rotatable bonds is 1. The summed E-state index contributed by atoms with van der Waals surface area (Å²) in [6.07, 6.45) is 9.09. The summed E-state index contributed by atoms with van der Waals surface area (Å²) in [4.78, 5) is 4.44. The van der Waals surface area contributed by atoms with Crippen molar-refractivity contribution < 1.29 is 4.42 Å². The molecule has 0 fully saturated rings. The number of aryl methyl sites for hydroxylation is 1. The van der Waals surface area contributed by atoms with Gasteiger partial charge in [-0.1, -0.05) is 0 Å². The first-order chi connectivity index (χ1) is 6.95. The third kappa shape index (κ3) is 1.09. The lowest BCUT2D eigenvalue weighted by atomic mass is 10.1. The summed E-state index contributed by atoms with van der Waals surface area (Å²) in [5.74, 6) is 0. The predicted molar refractivity (Wildman–Crippen MR) is 52.9 cm³/mol. The molecule has 72 valence electrons. The van der Waals surface area contributed by atoms with Gasteiger partial charge in [-0.05, 0) is 25.3 Å². The lowest BCUT2D eigenvalue weighted by molar-refractivity contribution is 0.532. The molecule has 0 N–H and O–H groups in total. The molecule has 2 aromatic heterocycles. The van der Waals surface area contributed by atoms with E-state index in [1.165, 1.54) is 18.5 Å². The number of nitrogens with zero attached hydrogens (tertiary/aromatic N) is 2. The number of aromatic nitrogens is 2. The van der Waals surface area contributed by atoms with E-state index < -0.39 is 0 Å². The summed E-state index contributed by atoms with van der Waals surface area (Å²) in [5, 5.41) is 0. The quantitative estimate of drug-likeness (QED) is 0.688. The molecule has 0 radical (unpaired) electrons. The van der Waals surface area contributed by atoms with Crippen molar-refractivity contribution in [3.05, 3.63) is 30.6 Å². The molecule has 0 aliphatic carbocycles. The maximum Gasteiger partial charge on any atom is 0.0997 e. The molecule has 3 nitrogen and oxygen atoms in total. The summed E-state index contributed by atoms with van der Waals surface area (Å²) in [6, 6.07) is 1.97. The molecule has 0 spiro atoms. The molecule has 0 aromatic carbocycles. The molecule has 0 atom stereocenters. The lowest BCUT2D eigenvalue weighted by Crippen LogP contribution is -2.08. The van der Waals surface area contributed by atoms with Crippen molar-refractivity contribution in [3.8, 4) is 11.3 Å². The van der Waals surface area contributed by atoms with Crippen LogP contribution in [0.25, 0.3) is 11.3 Å². The highest BCUT2D eigenvalue weighted by Crippen LogP contribution is 2.26. The average molecular weight is 188 g/mol. The van der Waals surface area contributed by atoms with Crippen molar-refractivity contribution in [3.63, 3.8) is 0 Å². The van der Waals surface area contributed by atoms with E-state index in [1.54, 1.807) is 12.5 Å². The Morgan fingerprint density at radius 1 is 1.36 bits per heavy atom. The number of imidazole rings is 1. The minimum Gasteiger partial charge on any atom is -0.472 e. The second kappa shape index (κ2) is 3.01. The van der Waals surface area contributed by atoms with Crippen LogP contribution in [0.2, 0.25) is 0 Å². The van der Waals surface area contributed by atoms with Crippen LogP contribution >= 0.6 is 0 Å². The fourth-order valence-electron chi connectivity index (χ4n) is 2.08. The fraction of sp³-hybridized carbons (Fsp3) is 0.364. The zero-order valence-electron chi connectivity index (χ0n) is 7.94. The van der Waals surface area contributed by atoms with Crippen molar-refractivity contribution in [2.75, 3.05) is 0 Å². The molecule has 0 bridgehead atoms. The fourth-order valence-corrected chi connectivity index (χ4v) is 2.08. The molecule has 0 unspecified atom stereocenters. The number of fused-ring (bicyclic) bond motifs is 1. The van der Waals surface area contributed by atoms with Gasteiger partial charge in [-0.3, -0.25) is 0 Å². The van der Waals surface area contributed by atoms with Crippen LogP contribution in [-0.4, -0.2) is 9.55 Å². The van der Waals surface area contributed by atoms with Crippen LogP contribution < -0.4 is 0 Å². The third-order valence-electron chi connectivity index (χ3n) is 2.80. The molecular weight excluding hydrogens is 176 g/mol. The molecule has 2 aromatic rings. The third-order valence-corrected chi connectivity index (χ3v) is 2.80. The highest BCUT2D eigenvalue weighted by molar-refractivity contribution is 5.60. The van der Waals surface area contributed by atoms with Gasteiger partial charge in [0.2, 0.25) is 0 Å². The van der Waals surface area contributed by atoms with Crippen LogP contribution in [0.1, 0.15) is 18.5 Å². The molecule has 1 aliphatic heterocycles. The topological polar surface area (TPSA) is 31.0 Å². The van der Waals surface area contributed by atoms with Gasteiger partial charge in [-0.25, -0.2) is 4.98 Å². The SMILES string of the molecule is c1cc(-c2ncn3c2CCCC3)co1. The van der Waals surface area contributed by atoms with Gasteiger partial charge in [-0.15, -0.1) is 0 Å². The van der Waals surface area contributed by atoms with Crippen molar-refractivity contribution in [1.29, 1.82) is 0 Å². The number of furan rings is 1. The Kier molecular flexibility index (Phi) is 1.69. The van der Waals surface area contributed by atoms with Gasteiger partial charge in [0.15, 0.2) is 0 Å². The van der Waals surface area contributed by atoms with Crippen LogP contribution in [0.5, 0.6) is 0 Å². The van der Waals surface area contributed by atoms with Crippen molar-refractivity contribution in [2.24, 2.45) is 0 Å². The van der Waals surface area contributed by atoms with E-state index in [4.69, 9.17) is 4.42 Å². The van der Waals surface area contributed by atoms with Crippen LogP contribution in [-0.2, 0) is 13.0 Å². The molecule has 0 amide bonds. The van der Waals surface area contributed by atoms with Gasteiger partial charge in [0.1, 0.15) is 0 Å². The van der Waals surface area contributed by atoms with E-state index in [1.807, 2.05) is 12.4 Å². The lowest BCUT2D eigenvalue weighted by Gasteiger charge is -2.14. The molecule has 14 heavy (non-hydrogen) atoms. The van der Waals surface area contributed by atoms with Crippen LogP contribution in [0, 0.1) is 0 Å². The van der Waals surface area contributed by atoms with Crippen molar-refractivity contribution >= 4 is 0 Å². The maximum atomic E-state index is 5.08. The minimum atomic E-state index is 1.10. The maximum absolute atomic E-state index is 5.08. The summed E-state index contributed by atoms with van der Waals surface area (Å²) in [5.41, 5.74) is 3.55. The standard InChI is InChI=1S/C11H12N2O/c1-2-5-13-8-12-11(10(13)3-1)9-4-6-14-7-9/h4,6-8H,1-3,5H2. The van der Waals surface area contributed by atoms with Crippen LogP contribution in [0.15, 0.2) is 29.3 Å². The molecule has 1 aliphatic rings. The zero-order chi connectivity index (χ0) is 9.38. The van der Waals surface area contributed by atoms with Gasteiger partial charge in [0.25, 0.3) is 0 Å². The van der Waals surface area contributed by atoms with Gasteiger partial charge >= 0.3 is 0 Å². The Balaban J connectivity index is 2.11. The molecule has 3 rings (SSSR count). The van der Waals surface area contributed by atoms with E-state index >= 15 is 0 Å². The van der Waals surface area contributed by atoms with Gasteiger partial charge in [-0.2, -0.15) is 0 Å². The molecule has 3 heteroatoms.